The van der Waals surface area contributed by atoms with Gasteiger partial charge in [0.2, 0.25) is 5.75 Å². The molecule has 9 heteroatoms. The maximum Gasteiger partial charge on any atom is 0.302 e. The van der Waals surface area contributed by atoms with Gasteiger partial charge in [-0.05, 0) is 48.6 Å². The van der Waals surface area contributed by atoms with Gasteiger partial charge < -0.3 is 24.7 Å². The van der Waals surface area contributed by atoms with Gasteiger partial charge in [-0.2, -0.15) is 0 Å². The third-order valence-electron chi connectivity index (χ3n) is 8.37. The molecule has 39 heavy (non-hydrogen) atoms. The monoisotopic (exact) mass is 575 g/mol. The van der Waals surface area contributed by atoms with Crippen LogP contribution < -0.4 is 4.74 Å². The molecule has 2 aromatic rings. The van der Waals surface area contributed by atoms with Crippen molar-refractivity contribution < 1.29 is 29.3 Å². The van der Waals surface area contributed by atoms with Gasteiger partial charge in [0, 0.05) is 60.4 Å². The summed E-state index contributed by atoms with van der Waals surface area (Å²) in [4.78, 5) is 29.4. The molecule has 1 spiro atoms. The van der Waals surface area contributed by atoms with Crippen molar-refractivity contribution in [2.75, 3.05) is 12.9 Å². The second-order valence-electron chi connectivity index (χ2n) is 10.9. The van der Waals surface area contributed by atoms with E-state index >= 15 is 0 Å². The lowest BCUT2D eigenvalue weighted by Gasteiger charge is -2.37. The molecule has 4 rings (SSSR count). The first-order chi connectivity index (χ1) is 18.8. The fraction of sp³-hybridized carbons (Fsp3) is 0.600. The van der Waals surface area contributed by atoms with Crippen LogP contribution in [0.2, 0.25) is 0 Å². The standard InChI is InChI=1S/C30H41NO6S2/c1-4-5-8-23-24(20-9-12-31-17-20)18-38-39-30(10-6-7-11-30)25(15-22(33)16-27(23)37-19(2)32)21-13-26(34)29(35)28(14-21)36-3/h9,12-14,17,23-25,27,31,34-35H,4-8,10-11,15-16,18H2,1-3H3. The van der Waals surface area contributed by atoms with Crippen LogP contribution in [0.3, 0.4) is 0 Å². The minimum absolute atomic E-state index is 0.0237. The second-order valence-corrected chi connectivity index (χ2v) is 13.7. The minimum atomic E-state index is -0.506. The van der Waals surface area contributed by atoms with Crippen LogP contribution in [0.25, 0.3) is 0 Å². The van der Waals surface area contributed by atoms with Gasteiger partial charge in [0.05, 0.1) is 7.11 Å². The molecule has 0 amide bonds. The van der Waals surface area contributed by atoms with E-state index in [2.05, 4.69) is 18.0 Å². The molecule has 2 aliphatic rings. The maximum absolute atomic E-state index is 13.9. The molecule has 7 nitrogen and oxygen atoms in total. The van der Waals surface area contributed by atoms with Crippen LogP contribution in [0, 0.1) is 5.92 Å². The number of aromatic nitrogens is 1. The second kappa shape index (κ2) is 13.4. The Morgan fingerprint density at radius 3 is 2.59 bits per heavy atom. The first kappa shape index (κ1) is 29.7. The largest absolute Gasteiger partial charge is 0.504 e. The van der Waals surface area contributed by atoms with Crippen LogP contribution in [0.1, 0.15) is 94.6 Å². The number of hydrogen-bond donors (Lipinski definition) is 3. The molecule has 214 valence electrons. The molecule has 2 heterocycles. The fourth-order valence-corrected chi connectivity index (χ4v) is 10.3. The summed E-state index contributed by atoms with van der Waals surface area (Å²) in [6.07, 6.45) is 10.9. The smallest absolute Gasteiger partial charge is 0.302 e. The number of aromatic hydroxyl groups is 2. The molecule has 0 bridgehead atoms. The number of ketones is 1. The molecule has 1 aliphatic heterocycles. The zero-order chi connectivity index (χ0) is 28.0. The summed E-state index contributed by atoms with van der Waals surface area (Å²) in [5.41, 5.74) is 1.97. The number of benzene rings is 1. The number of esters is 1. The Kier molecular flexibility index (Phi) is 10.2. The van der Waals surface area contributed by atoms with Crippen molar-refractivity contribution in [2.24, 2.45) is 5.92 Å². The molecular weight excluding hydrogens is 534 g/mol. The minimum Gasteiger partial charge on any atom is -0.504 e. The van der Waals surface area contributed by atoms with Crippen molar-refractivity contribution in [1.82, 2.24) is 4.98 Å². The summed E-state index contributed by atoms with van der Waals surface area (Å²) in [5, 5.41) is 20.8. The Balaban J connectivity index is 1.77. The van der Waals surface area contributed by atoms with E-state index in [0.29, 0.717) is 0 Å². The number of hydrogen-bond acceptors (Lipinski definition) is 8. The SMILES string of the molecule is CCCCC1C(OC(C)=O)CC(=O)CC(c2cc(O)c(O)c(OC)c2)C2(CCCC2)SSCC1c1cc[nH]c1. The first-order valence-electron chi connectivity index (χ1n) is 14.0. The molecule has 1 aliphatic carbocycles. The van der Waals surface area contributed by atoms with E-state index < -0.39 is 6.10 Å². The van der Waals surface area contributed by atoms with E-state index in [-0.39, 0.29) is 64.3 Å². The number of methoxy groups -OCH3 is 1. The van der Waals surface area contributed by atoms with Crippen molar-refractivity contribution in [1.29, 1.82) is 0 Å². The van der Waals surface area contributed by atoms with Crippen molar-refractivity contribution in [3.8, 4) is 17.2 Å². The molecule has 0 radical (unpaired) electrons. The summed E-state index contributed by atoms with van der Waals surface area (Å²) in [7, 11) is 5.17. The van der Waals surface area contributed by atoms with E-state index in [1.165, 1.54) is 19.6 Å². The number of H-pyrrole nitrogens is 1. The average molecular weight is 576 g/mol. The molecule has 4 unspecified atom stereocenters. The third-order valence-corrected chi connectivity index (χ3v) is 11.8. The Morgan fingerprint density at radius 1 is 1.18 bits per heavy atom. The Hall–Kier alpha value is -2.26. The number of rotatable bonds is 7. The summed E-state index contributed by atoms with van der Waals surface area (Å²) in [6, 6.07) is 5.44. The summed E-state index contributed by atoms with van der Waals surface area (Å²) >= 11 is 0. The zero-order valence-corrected chi connectivity index (χ0v) is 24.7. The number of phenols is 2. The van der Waals surface area contributed by atoms with E-state index in [4.69, 9.17) is 9.47 Å². The van der Waals surface area contributed by atoms with Crippen LogP contribution in [0.5, 0.6) is 17.2 Å². The zero-order valence-electron chi connectivity index (χ0n) is 23.1. The lowest BCUT2D eigenvalue weighted by Crippen LogP contribution is -2.35. The lowest BCUT2D eigenvalue weighted by molar-refractivity contribution is -0.151. The highest BCUT2D eigenvalue weighted by Gasteiger charge is 2.46. The number of nitrogens with one attached hydrogen (secondary N) is 1. The van der Waals surface area contributed by atoms with Gasteiger partial charge in [0.15, 0.2) is 11.5 Å². The molecule has 4 atom stereocenters. The van der Waals surface area contributed by atoms with Gasteiger partial charge in [-0.1, -0.05) is 54.2 Å². The number of aromatic amines is 1. The van der Waals surface area contributed by atoms with E-state index in [1.807, 2.05) is 34.0 Å². The van der Waals surface area contributed by atoms with Crippen molar-refractivity contribution in [3.05, 3.63) is 41.7 Å². The third kappa shape index (κ3) is 6.91. The molecular formula is C30H41NO6S2. The summed E-state index contributed by atoms with van der Waals surface area (Å²) < 4.78 is 11.1. The van der Waals surface area contributed by atoms with Gasteiger partial charge in [0.25, 0.3) is 0 Å². The molecule has 1 saturated heterocycles. The maximum atomic E-state index is 13.9. The fourth-order valence-electron chi connectivity index (χ4n) is 6.42. The molecule has 3 N–H and O–H groups in total. The van der Waals surface area contributed by atoms with Crippen LogP contribution >= 0.6 is 21.6 Å². The highest BCUT2D eigenvalue weighted by atomic mass is 33.1. The highest BCUT2D eigenvalue weighted by Crippen LogP contribution is 2.58. The quantitative estimate of drug-likeness (QED) is 0.182. The first-order valence-corrected chi connectivity index (χ1v) is 16.3. The van der Waals surface area contributed by atoms with Crippen molar-refractivity contribution in [3.63, 3.8) is 0 Å². The predicted molar refractivity (Wildman–Crippen MR) is 157 cm³/mol. The van der Waals surface area contributed by atoms with Gasteiger partial charge in [0.1, 0.15) is 11.9 Å². The van der Waals surface area contributed by atoms with Crippen molar-refractivity contribution >= 4 is 33.3 Å². The average Bonchev–Trinajstić information content (AvgIpc) is 3.60. The topological polar surface area (TPSA) is 109 Å². The van der Waals surface area contributed by atoms with E-state index in [0.717, 1.165) is 56.3 Å². The lowest BCUT2D eigenvalue weighted by atomic mass is 9.77. The van der Waals surface area contributed by atoms with Crippen LogP contribution in [-0.2, 0) is 14.3 Å². The van der Waals surface area contributed by atoms with Gasteiger partial charge in [-0.25, -0.2) is 0 Å². The number of phenolic OH excluding ortho intramolecular Hbond substituents is 2. The molecule has 2 fully saturated rings. The van der Waals surface area contributed by atoms with Crippen LogP contribution in [-0.4, -0.2) is 50.7 Å². The summed E-state index contributed by atoms with van der Waals surface area (Å²) in [6.45, 7) is 3.58. The number of unbranched alkanes of at least 4 members (excludes halogenated alkanes) is 1. The normalized spacial score (nSPS) is 25.8. The number of Topliss-reactive ketones (excluding diaryl/α,β-unsaturated/α-hetero) is 1. The molecule has 1 aromatic heterocycles. The molecule has 1 aromatic carbocycles. The number of ether oxygens (including phenoxy) is 2. The Morgan fingerprint density at radius 2 is 1.95 bits per heavy atom. The van der Waals surface area contributed by atoms with Gasteiger partial charge in [-0.3, -0.25) is 9.59 Å². The molecule has 1 saturated carbocycles. The van der Waals surface area contributed by atoms with Crippen LogP contribution in [0.15, 0.2) is 30.6 Å². The van der Waals surface area contributed by atoms with E-state index in [9.17, 15) is 19.8 Å². The van der Waals surface area contributed by atoms with E-state index in [1.54, 1.807) is 12.1 Å². The highest BCUT2D eigenvalue weighted by molar-refractivity contribution is 8.77. The predicted octanol–water partition coefficient (Wildman–Crippen LogP) is 7.10. The number of carbonyl (C=O) groups is 2. The van der Waals surface area contributed by atoms with Crippen molar-refractivity contribution in [2.45, 2.75) is 94.3 Å². The number of carbonyl (C=O) groups excluding carboxylic acids is 2. The van der Waals surface area contributed by atoms with Gasteiger partial charge >= 0.3 is 5.97 Å². The Labute approximate surface area is 239 Å². The summed E-state index contributed by atoms with van der Waals surface area (Å²) in [5.74, 6) is 0.143. The van der Waals surface area contributed by atoms with Crippen LogP contribution in [0.4, 0.5) is 0 Å². The Bertz CT molecular complexity index is 1110. The van der Waals surface area contributed by atoms with Gasteiger partial charge in [-0.15, -0.1) is 0 Å².